The van der Waals surface area contributed by atoms with E-state index >= 15 is 0 Å². The zero-order valence-electron chi connectivity index (χ0n) is 9.02. The van der Waals surface area contributed by atoms with Gasteiger partial charge in [0.15, 0.2) is 0 Å². The maximum Gasteiger partial charge on any atom is 0.374 e. The van der Waals surface area contributed by atoms with Crippen LogP contribution in [0.15, 0.2) is 18.2 Å². The zero-order chi connectivity index (χ0) is 13.5. The Morgan fingerprint density at radius 2 is 1.94 bits per heavy atom. The highest BCUT2D eigenvalue weighted by molar-refractivity contribution is 7.52. The third-order valence-corrected chi connectivity index (χ3v) is 3.69. The van der Waals surface area contributed by atoms with Gasteiger partial charge < -0.3 is 9.42 Å². The lowest BCUT2D eigenvalue weighted by molar-refractivity contribution is 0.382. The first-order chi connectivity index (χ1) is 8.28. The standard InChI is InChI=1S/C10H7Cl3NO3P/c1-18(15,16)17-8-4-7(12)5-2-3-6(11)9(13)10(5)14-8/h2-4H,1H3,(H,15,16). The molecule has 0 aliphatic carbocycles. The Bertz CT molecular complexity index is 671. The normalized spacial score (nSPS) is 14.5. The van der Waals surface area contributed by atoms with Gasteiger partial charge in [-0.05, 0) is 12.1 Å². The molecule has 1 atom stereocenters. The Balaban J connectivity index is 2.67. The van der Waals surface area contributed by atoms with Crippen LogP contribution >= 0.6 is 42.4 Å². The first kappa shape index (κ1) is 13.9. The highest BCUT2D eigenvalue weighted by Gasteiger charge is 2.16. The van der Waals surface area contributed by atoms with Crippen LogP contribution in [0.25, 0.3) is 10.9 Å². The van der Waals surface area contributed by atoms with E-state index in [1.807, 2.05) is 0 Å². The zero-order valence-corrected chi connectivity index (χ0v) is 12.2. The van der Waals surface area contributed by atoms with Gasteiger partial charge in [-0.1, -0.05) is 34.8 Å². The molecular weight excluding hydrogens is 319 g/mol. The topological polar surface area (TPSA) is 59.4 Å². The van der Waals surface area contributed by atoms with E-state index in [1.54, 1.807) is 12.1 Å². The molecule has 96 valence electrons. The summed E-state index contributed by atoms with van der Waals surface area (Å²) in [4.78, 5) is 13.2. The van der Waals surface area contributed by atoms with E-state index in [0.717, 1.165) is 6.66 Å². The summed E-state index contributed by atoms with van der Waals surface area (Å²) in [5.41, 5.74) is 0.320. The van der Waals surface area contributed by atoms with Crippen LogP contribution < -0.4 is 4.52 Å². The average molecular weight is 327 g/mol. The summed E-state index contributed by atoms with van der Waals surface area (Å²) in [6.45, 7) is 1.05. The predicted octanol–water partition coefficient (Wildman–Crippen LogP) is 4.39. The monoisotopic (exact) mass is 325 g/mol. The number of rotatable bonds is 2. The molecule has 1 aromatic carbocycles. The van der Waals surface area contributed by atoms with Crippen molar-refractivity contribution < 1.29 is 14.0 Å². The third kappa shape index (κ3) is 2.90. The largest absolute Gasteiger partial charge is 0.406 e. The number of hydrogen-bond acceptors (Lipinski definition) is 3. The fourth-order valence-electron chi connectivity index (χ4n) is 1.39. The van der Waals surface area contributed by atoms with Gasteiger partial charge in [-0.2, -0.15) is 0 Å². The molecule has 0 amide bonds. The van der Waals surface area contributed by atoms with E-state index < -0.39 is 7.60 Å². The molecule has 0 radical (unpaired) electrons. The number of pyridine rings is 1. The molecule has 8 heteroatoms. The van der Waals surface area contributed by atoms with Crippen molar-refractivity contribution in [3.8, 4) is 5.88 Å². The summed E-state index contributed by atoms with van der Waals surface area (Å²) in [5, 5.41) is 1.42. The molecule has 1 aromatic heterocycles. The third-order valence-electron chi connectivity index (χ3n) is 2.06. The SMILES string of the molecule is CP(=O)(O)Oc1cc(Cl)c2ccc(Cl)c(Cl)c2n1. The number of aromatic nitrogens is 1. The van der Waals surface area contributed by atoms with Gasteiger partial charge >= 0.3 is 7.60 Å². The van der Waals surface area contributed by atoms with E-state index in [2.05, 4.69) is 4.98 Å². The molecule has 4 nitrogen and oxygen atoms in total. The second kappa shape index (κ2) is 4.87. The fraction of sp³-hybridized carbons (Fsp3) is 0.100. The van der Waals surface area contributed by atoms with Crippen LogP contribution in [0.4, 0.5) is 0 Å². The number of nitrogens with zero attached hydrogens (tertiary/aromatic N) is 1. The van der Waals surface area contributed by atoms with Gasteiger partial charge in [0.2, 0.25) is 5.88 Å². The van der Waals surface area contributed by atoms with Crippen LogP contribution in [-0.2, 0) is 4.57 Å². The minimum Gasteiger partial charge on any atom is -0.406 e. The average Bonchev–Trinajstić information content (AvgIpc) is 2.21. The highest BCUT2D eigenvalue weighted by Crippen LogP contribution is 2.40. The molecule has 0 saturated carbocycles. The molecule has 18 heavy (non-hydrogen) atoms. The van der Waals surface area contributed by atoms with Crippen molar-refractivity contribution in [2.24, 2.45) is 0 Å². The van der Waals surface area contributed by atoms with Crippen LogP contribution in [0, 0.1) is 0 Å². The molecule has 0 saturated heterocycles. The van der Waals surface area contributed by atoms with Gasteiger partial charge in [-0.25, -0.2) is 9.55 Å². The molecule has 1 heterocycles. The van der Waals surface area contributed by atoms with Crippen molar-refractivity contribution in [2.45, 2.75) is 0 Å². The van der Waals surface area contributed by atoms with Crippen LogP contribution in [0.5, 0.6) is 5.88 Å². The summed E-state index contributed by atoms with van der Waals surface area (Å²) < 4.78 is 16.0. The first-order valence-electron chi connectivity index (χ1n) is 4.72. The van der Waals surface area contributed by atoms with Crippen molar-refractivity contribution in [2.75, 3.05) is 6.66 Å². The minimum atomic E-state index is -3.71. The molecule has 1 unspecified atom stereocenters. The van der Waals surface area contributed by atoms with Crippen LogP contribution in [0.2, 0.25) is 15.1 Å². The summed E-state index contributed by atoms with van der Waals surface area (Å²) in [5.74, 6) is -0.0787. The Labute approximate surface area is 118 Å². The Morgan fingerprint density at radius 1 is 1.28 bits per heavy atom. The molecule has 1 N–H and O–H groups in total. The Hall–Kier alpha value is -0.510. The smallest absolute Gasteiger partial charge is 0.374 e. The minimum absolute atomic E-state index is 0.0787. The van der Waals surface area contributed by atoms with Gasteiger partial charge in [0, 0.05) is 18.1 Å². The van der Waals surface area contributed by atoms with Gasteiger partial charge in [0.05, 0.1) is 20.6 Å². The lowest BCUT2D eigenvalue weighted by Crippen LogP contribution is -1.93. The van der Waals surface area contributed by atoms with Gasteiger partial charge in [-0.15, -0.1) is 0 Å². The van der Waals surface area contributed by atoms with Crippen molar-refractivity contribution in [1.82, 2.24) is 4.98 Å². The lowest BCUT2D eigenvalue weighted by Gasteiger charge is -2.10. The fourth-order valence-corrected chi connectivity index (χ4v) is 2.44. The summed E-state index contributed by atoms with van der Waals surface area (Å²) >= 11 is 17.9. The quantitative estimate of drug-likeness (QED) is 0.832. The maximum absolute atomic E-state index is 11.2. The number of hydrogen-bond donors (Lipinski definition) is 1. The number of benzene rings is 1. The van der Waals surface area contributed by atoms with E-state index in [0.29, 0.717) is 20.9 Å². The molecule has 0 bridgehead atoms. The van der Waals surface area contributed by atoms with Gasteiger partial charge in [0.25, 0.3) is 0 Å². The van der Waals surface area contributed by atoms with Gasteiger partial charge in [0.1, 0.15) is 0 Å². The molecule has 2 rings (SSSR count). The highest BCUT2D eigenvalue weighted by atomic mass is 35.5. The number of halogens is 3. The van der Waals surface area contributed by atoms with Crippen molar-refractivity contribution in [3.05, 3.63) is 33.3 Å². The molecule has 0 aliphatic rings. The van der Waals surface area contributed by atoms with Crippen LogP contribution in [-0.4, -0.2) is 16.5 Å². The lowest BCUT2D eigenvalue weighted by atomic mass is 10.2. The molecule has 0 spiro atoms. The Morgan fingerprint density at radius 3 is 2.56 bits per heavy atom. The van der Waals surface area contributed by atoms with E-state index in [-0.39, 0.29) is 10.9 Å². The van der Waals surface area contributed by atoms with Gasteiger partial charge in [-0.3, -0.25) is 0 Å². The van der Waals surface area contributed by atoms with Crippen molar-refractivity contribution in [1.29, 1.82) is 0 Å². The van der Waals surface area contributed by atoms with Crippen molar-refractivity contribution >= 4 is 53.3 Å². The predicted molar refractivity (Wildman–Crippen MR) is 73.2 cm³/mol. The second-order valence-electron chi connectivity index (χ2n) is 3.59. The second-order valence-corrected chi connectivity index (χ2v) is 6.58. The Kier molecular flexibility index (Phi) is 3.77. The van der Waals surface area contributed by atoms with E-state index in [1.165, 1.54) is 6.07 Å². The molecule has 0 aliphatic heterocycles. The molecule has 2 aromatic rings. The van der Waals surface area contributed by atoms with E-state index in [9.17, 15) is 4.57 Å². The first-order valence-corrected chi connectivity index (χ1v) is 7.88. The maximum atomic E-state index is 11.2. The molecular formula is C10H7Cl3NO3P. The van der Waals surface area contributed by atoms with Crippen LogP contribution in [0.3, 0.4) is 0 Å². The summed E-state index contributed by atoms with van der Waals surface area (Å²) in [7, 11) is -3.71. The van der Waals surface area contributed by atoms with Crippen LogP contribution in [0.1, 0.15) is 0 Å². The number of fused-ring (bicyclic) bond motifs is 1. The van der Waals surface area contributed by atoms with E-state index in [4.69, 9.17) is 44.2 Å². The summed E-state index contributed by atoms with van der Waals surface area (Å²) in [6.07, 6.45) is 0. The molecule has 0 fully saturated rings. The van der Waals surface area contributed by atoms with Crippen molar-refractivity contribution in [3.63, 3.8) is 0 Å². The summed E-state index contributed by atoms with van der Waals surface area (Å²) in [6, 6.07) is 4.60.